The number of hydrogen-bond acceptors (Lipinski definition) is 4. The molecule has 0 bridgehead atoms. The fourth-order valence-electron chi connectivity index (χ4n) is 4.82. The molecule has 1 aliphatic rings. The molecular weight excluding hydrogens is 543 g/mol. The number of thioether (sulfide) groups is 1. The molecule has 1 fully saturated rings. The number of carbonyl (C=O) groups is 1. The lowest BCUT2D eigenvalue weighted by atomic mass is 9.82. The Morgan fingerprint density at radius 2 is 1.70 bits per heavy atom. The van der Waals surface area contributed by atoms with Crippen molar-refractivity contribution in [3.63, 3.8) is 0 Å². The maximum absolute atomic E-state index is 13.9. The number of halogens is 1. The number of alkyl halides is 1. The van der Waals surface area contributed by atoms with E-state index in [1.54, 1.807) is 18.7 Å². The van der Waals surface area contributed by atoms with E-state index in [9.17, 15) is 17.6 Å². The molecule has 0 spiro atoms. The monoisotopic (exact) mass is 596 g/mol. The van der Waals surface area contributed by atoms with Crippen molar-refractivity contribution < 1.29 is 17.6 Å². The van der Waals surface area contributed by atoms with Gasteiger partial charge in [0, 0.05) is 19.0 Å². The smallest absolute Gasteiger partial charge is 0.235 e. The molecule has 5 nitrogen and oxygen atoms in total. The lowest BCUT2D eigenvalue weighted by Gasteiger charge is -2.32. The van der Waals surface area contributed by atoms with Crippen LogP contribution in [0, 0.1) is 5.92 Å². The Labute approximate surface area is 248 Å². The molecule has 1 aromatic rings. The van der Waals surface area contributed by atoms with E-state index < -0.39 is 15.7 Å². The van der Waals surface area contributed by atoms with Gasteiger partial charge < -0.3 is 5.32 Å². The Morgan fingerprint density at radius 3 is 2.20 bits per heavy atom. The predicted octanol–water partition coefficient (Wildman–Crippen LogP) is 8.78. The minimum atomic E-state index is -3.36. The summed E-state index contributed by atoms with van der Waals surface area (Å²) in [6.45, 7) is 16.2. The molecule has 0 aromatic heterocycles. The number of nitrogens with one attached hydrogen (secondary N) is 1. The number of anilines is 1. The predicted molar refractivity (Wildman–Crippen MR) is 172 cm³/mol. The van der Waals surface area contributed by atoms with Gasteiger partial charge >= 0.3 is 0 Å². The average Bonchev–Trinajstić information content (AvgIpc) is 2.88. The molecule has 0 heterocycles. The van der Waals surface area contributed by atoms with E-state index >= 15 is 0 Å². The van der Waals surface area contributed by atoms with Gasteiger partial charge in [-0.1, -0.05) is 64.0 Å². The van der Waals surface area contributed by atoms with Gasteiger partial charge in [-0.25, -0.2) is 12.8 Å². The van der Waals surface area contributed by atoms with Crippen LogP contribution < -0.4 is 9.62 Å². The van der Waals surface area contributed by atoms with E-state index in [0.29, 0.717) is 44.7 Å². The Balaban J connectivity index is 0.000000410. The van der Waals surface area contributed by atoms with E-state index in [2.05, 4.69) is 25.7 Å². The molecule has 0 radical (unpaired) electrons. The Hall–Kier alpha value is -1.80. The molecular formula is C32H53FN2O3S2. The van der Waals surface area contributed by atoms with Crippen LogP contribution in [-0.2, 0) is 14.8 Å². The summed E-state index contributed by atoms with van der Waals surface area (Å²) in [5.41, 5.74) is 0.686. The summed E-state index contributed by atoms with van der Waals surface area (Å²) in [5, 5.41) is 5.14. The molecule has 8 heteroatoms. The first kappa shape index (κ1) is 36.2. The second-order valence-electron chi connectivity index (χ2n) is 11.3. The molecule has 2 rings (SSSR count). The standard InChI is InChI=1S/C17H26FNO2S.C15H27NOS/c1-3-13-19(16-7-5-4-6-8-16)22(20,21)14-15-9-11-17(2,18)12-10-15;1-6-8-14(9-7-2)16-15(17)10-13(5)11-18-12(3)4/h4-8,15H,3,9-14H2,1-2H3;11,14H,3,6-10H2,1-2,4-5H3,(H,16,17)/b;13-11+. The van der Waals surface area contributed by atoms with E-state index in [-0.39, 0.29) is 17.6 Å². The van der Waals surface area contributed by atoms with Crippen molar-refractivity contribution in [3.05, 3.63) is 52.8 Å². The van der Waals surface area contributed by atoms with Gasteiger partial charge in [-0.05, 0) is 94.1 Å². The van der Waals surface area contributed by atoms with Gasteiger partial charge in [0.1, 0.15) is 5.67 Å². The van der Waals surface area contributed by atoms with Crippen LogP contribution in [0.3, 0.4) is 0 Å². The van der Waals surface area contributed by atoms with Gasteiger partial charge in [-0.15, -0.1) is 11.8 Å². The van der Waals surface area contributed by atoms with E-state index in [0.717, 1.165) is 48.3 Å². The normalized spacial score (nSPS) is 19.5. The molecule has 40 heavy (non-hydrogen) atoms. The van der Waals surface area contributed by atoms with Crippen molar-refractivity contribution in [2.24, 2.45) is 5.92 Å². The van der Waals surface area contributed by atoms with Crippen molar-refractivity contribution in [2.45, 2.75) is 117 Å². The third-order valence-electron chi connectivity index (χ3n) is 6.94. The van der Waals surface area contributed by atoms with Crippen LogP contribution in [0.25, 0.3) is 0 Å². The van der Waals surface area contributed by atoms with E-state index in [4.69, 9.17) is 0 Å². The van der Waals surface area contributed by atoms with Crippen LogP contribution in [-0.4, -0.2) is 38.3 Å². The summed E-state index contributed by atoms with van der Waals surface area (Å²) >= 11 is 1.58. The molecule has 0 aliphatic heterocycles. The molecule has 1 aliphatic carbocycles. The molecule has 1 amide bonds. The fourth-order valence-corrected chi connectivity index (χ4v) is 7.32. The average molecular weight is 597 g/mol. The minimum Gasteiger partial charge on any atom is -0.353 e. The van der Waals surface area contributed by atoms with Crippen molar-refractivity contribution in [1.29, 1.82) is 0 Å². The first-order valence-electron chi connectivity index (χ1n) is 14.8. The van der Waals surface area contributed by atoms with Crippen molar-refractivity contribution >= 4 is 33.4 Å². The summed E-state index contributed by atoms with van der Waals surface area (Å²) in [6, 6.07) is 9.57. The molecule has 0 saturated heterocycles. The minimum absolute atomic E-state index is 0.0666. The molecule has 0 atom stereocenters. The van der Waals surface area contributed by atoms with Gasteiger partial charge in [-0.3, -0.25) is 9.10 Å². The van der Waals surface area contributed by atoms with Gasteiger partial charge in [0.2, 0.25) is 15.9 Å². The summed E-state index contributed by atoms with van der Waals surface area (Å²) in [5.74, 6) is 0.327. The van der Waals surface area contributed by atoms with E-state index in [1.165, 1.54) is 4.31 Å². The Bertz CT molecular complexity index is 1010. The summed E-state index contributed by atoms with van der Waals surface area (Å²) < 4.78 is 40.9. The van der Waals surface area contributed by atoms with Gasteiger partial charge in [-0.2, -0.15) is 0 Å². The summed E-state index contributed by atoms with van der Waals surface area (Å²) in [6.07, 6.45) is 7.87. The lowest BCUT2D eigenvalue weighted by Crippen LogP contribution is -2.38. The van der Waals surface area contributed by atoms with Crippen LogP contribution in [0.1, 0.15) is 106 Å². The topological polar surface area (TPSA) is 66.5 Å². The van der Waals surface area contributed by atoms with Crippen molar-refractivity contribution in [1.82, 2.24) is 5.32 Å². The first-order valence-corrected chi connectivity index (χ1v) is 17.3. The molecule has 1 saturated carbocycles. The second kappa shape index (κ2) is 18.6. The van der Waals surface area contributed by atoms with Crippen LogP contribution in [0.15, 0.2) is 52.8 Å². The van der Waals surface area contributed by atoms with Gasteiger partial charge in [0.05, 0.1) is 11.4 Å². The first-order chi connectivity index (χ1) is 18.8. The van der Waals surface area contributed by atoms with Crippen LogP contribution in [0.5, 0.6) is 0 Å². The Morgan fingerprint density at radius 1 is 1.12 bits per heavy atom. The zero-order chi connectivity index (χ0) is 30.2. The van der Waals surface area contributed by atoms with Crippen LogP contribution in [0.2, 0.25) is 0 Å². The number of amides is 1. The molecule has 1 aromatic carbocycles. The van der Waals surface area contributed by atoms with Crippen LogP contribution >= 0.6 is 11.8 Å². The molecule has 0 unspecified atom stereocenters. The van der Waals surface area contributed by atoms with Crippen molar-refractivity contribution in [2.75, 3.05) is 16.6 Å². The number of hydrogen-bond donors (Lipinski definition) is 1. The SMILES string of the molecule is C=C(C)S/C=C(\C)CC(=O)NC(CCC)CCC.CCCN(c1ccccc1)S(=O)(=O)CC1CCC(C)(F)CC1. The number of sulfonamides is 1. The highest BCUT2D eigenvalue weighted by Gasteiger charge is 2.34. The quantitative estimate of drug-likeness (QED) is 0.220. The number of benzene rings is 1. The second-order valence-corrected chi connectivity index (χ2v) is 14.5. The fraction of sp³-hybridized carbons (Fsp3) is 0.656. The van der Waals surface area contributed by atoms with Crippen LogP contribution in [0.4, 0.5) is 10.1 Å². The maximum atomic E-state index is 13.9. The third-order valence-corrected chi connectivity index (χ3v) is 9.82. The number of para-hydroxylation sites is 1. The highest BCUT2D eigenvalue weighted by Crippen LogP contribution is 2.36. The number of carbonyl (C=O) groups excluding carboxylic acids is 1. The summed E-state index contributed by atoms with van der Waals surface area (Å²) in [7, 11) is -3.36. The zero-order valence-electron chi connectivity index (χ0n) is 25.7. The number of allylic oxidation sites excluding steroid dienone is 1. The number of rotatable bonds is 15. The molecule has 228 valence electrons. The molecule has 1 N–H and O–H groups in total. The van der Waals surface area contributed by atoms with Gasteiger partial charge in [0.25, 0.3) is 0 Å². The van der Waals surface area contributed by atoms with E-state index in [1.807, 2.05) is 56.5 Å². The van der Waals surface area contributed by atoms with Gasteiger partial charge in [0.15, 0.2) is 0 Å². The lowest BCUT2D eigenvalue weighted by molar-refractivity contribution is -0.121. The Kier molecular flexibility index (Phi) is 16.8. The summed E-state index contributed by atoms with van der Waals surface area (Å²) in [4.78, 5) is 12.9. The zero-order valence-corrected chi connectivity index (χ0v) is 27.3. The largest absolute Gasteiger partial charge is 0.353 e. The highest BCUT2D eigenvalue weighted by atomic mass is 32.2. The number of nitrogens with zero attached hydrogens (tertiary/aromatic N) is 1. The highest BCUT2D eigenvalue weighted by molar-refractivity contribution is 8.05. The third kappa shape index (κ3) is 14.7. The maximum Gasteiger partial charge on any atom is 0.235 e. The van der Waals surface area contributed by atoms with Crippen molar-refractivity contribution in [3.8, 4) is 0 Å².